The van der Waals surface area contributed by atoms with Crippen LogP contribution in [0.1, 0.15) is 22.8 Å². The highest BCUT2D eigenvalue weighted by atomic mass is 35.5. The fourth-order valence-electron chi connectivity index (χ4n) is 1.67. The number of aromatic nitrogens is 1. The second-order valence-electron chi connectivity index (χ2n) is 4.07. The minimum atomic E-state index is -0.759. The number of halogens is 1. The van der Waals surface area contributed by atoms with Crippen LogP contribution in [0.3, 0.4) is 0 Å². The van der Waals surface area contributed by atoms with E-state index in [4.69, 9.17) is 16.3 Å². The van der Waals surface area contributed by atoms with Crippen molar-refractivity contribution < 1.29 is 9.84 Å². The van der Waals surface area contributed by atoms with Gasteiger partial charge in [0, 0.05) is 16.8 Å². The number of hydrogen-bond donors (Lipinski definition) is 1. The van der Waals surface area contributed by atoms with E-state index >= 15 is 0 Å². The number of methoxy groups -OCH3 is 1. The zero-order valence-corrected chi connectivity index (χ0v) is 11.0. The third kappa shape index (κ3) is 2.63. The lowest BCUT2D eigenvalue weighted by Gasteiger charge is -2.13. The average Bonchev–Trinajstić information content (AvgIpc) is 2.41. The van der Waals surface area contributed by atoms with Crippen LogP contribution in [0, 0.1) is 6.92 Å². The molecule has 0 bridgehead atoms. The Bertz CT molecular complexity index is 557. The molecule has 18 heavy (non-hydrogen) atoms. The van der Waals surface area contributed by atoms with Gasteiger partial charge in [-0.15, -0.1) is 0 Å². The lowest BCUT2D eigenvalue weighted by molar-refractivity contribution is 0.219. The molecule has 1 aromatic carbocycles. The third-order valence-corrected chi connectivity index (χ3v) is 3.20. The monoisotopic (exact) mass is 263 g/mol. The number of aliphatic hydroxyl groups excluding tert-OH is 1. The molecule has 1 N–H and O–H groups in total. The highest BCUT2D eigenvalue weighted by Crippen LogP contribution is 2.27. The van der Waals surface area contributed by atoms with Crippen LogP contribution in [0.2, 0.25) is 5.02 Å². The summed E-state index contributed by atoms with van der Waals surface area (Å²) in [5.74, 6) is 0.616. The zero-order chi connectivity index (χ0) is 13.1. The van der Waals surface area contributed by atoms with Crippen LogP contribution in [0.4, 0.5) is 0 Å². The van der Waals surface area contributed by atoms with Crippen LogP contribution in [0.25, 0.3) is 0 Å². The molecule has 1 unspecified atom stereocenters. The van der Waals surface area contributed by atoms with E-state index in [1.807, 2.05) is 19.1 Å². The molecule has 0 radical (unpaired) electrons. The maximum atomic E-state index is 10.3. The van der Waals surface area contributed by atoms with Crippen LogP contribution in [0.15, 0.2) is 36.7 Å². The van der Waals surface area contributed by atoms with Gasteiger partial charge in [-0.25, -0.2) is 0 Å². The Hall–Kier alpha value is -1.58. The number of benzene rings is 1. The fourth-order valence-corrected chi connectivity index (χ4v) is 1.86. The second-order valence-corrected chi connectivity index (χ2v) is 4.48. The normalized spacial score (nSPS) is 12.2. The summed E-state index contributed by atoms with van der Waals surface area (Å²) in [5, 5.41) is 10.9. The molecule has 0 aliphatic carbocycles. The van der Waals surface area contributed by atoms with Gasteiger partial charge in [-0.2, -0.15) is 0 Å². The quantitative estimate of drug-likeness (QED) is 0.925. The summed E-state index contributed by atoms with van der Waals surface area (Å²) in [4.78, 5) is 4.02. The van der Waals surface area contributed by atoms with E-state index in [1.165, 1.54) is 0 Å². The van der Waals surface area contributed by atoms with E-state index in [2.05, 4.69) is 4.98 Å². The standard InChI is InChI=1S/C14H14ClNO2/c1-9-3-4-10(6-13(9)15)14(17)11-5-12(18-2)8-16-7-11/h3-8,14,17H,1-2H3. The zero-order valence-electron chi connectivity index (χ0n) is 10.2. The molecule has 0 aliphatic heterocycles. The highest BCUT2D eigenvalue weighted by molar-refractivity contribution is 6.31. The van der Waals surface area contributed by atoms with Crippen molar-refractivity contribution in [2.45, 2.75) is 13.0 Å². The first-order valence-corrected chi connectivity index (χ1v) is 5.92. The predicted molar refractivity (Wildman–Crippen MR) is 71.0 cm³/mol. The first-order valence-electron chi connectivity index (χ1n) is 5.55. The van der Waals surface area contributed by atoms with Crippen LogP contribution in [-0.4, -0.2) is 17.2 Å². The molecular weight excluding hydrogens is 250 g/mol. The topological polar surface area (TPSA) is 42.4 Å². The Morgan fingerprint density at radius 2 is 2.00 bits per heavy atom. The summed E-state index contributed by atoms with van der Waals surface area (Å²) >= 11 is 6.05. The number of aryl methyl sites for hydroxylation is 1. The number of pyridine rings is 1. The Morgan fingerprint density at radius 3 is 2.67 bits per heavy atom. The Balaban J connectivity index is 2.34. The van der Waals surface area contributed by atoms with Gasteiger partial charge in [0.15, 0.2) is 0 Å². The first kappa shape index (κ1) is 12.9. The maximum absolute atomic E-state index is 10.3. The fraction of sp³-hybridized carbons (Fsp3) is 0.214. The van der Waals surface area contributed by atoms with Crippen molar-refractivity contribution in [2.75, 3.05) is 7.11 Å². The van der Waals surface area contributed by atoms with Gasteiger partial charge in [-0.05, 0) is 30.2 Å². The van der Waals surface area contributed by atoms with Crippen LogP contribution >= 0.6 is 11.6 Å². The number of ether oxygens (including phenoxy) is 1. The largest absolute Gasteiger partial charge is 0.495 e. The molecule has 94 valence electrons. The van der Waals surface area contributed by atoms with Crippen LogP contribution < -0.4 is 4.74 Å². The van der Waals surface area contributed by atoms with Crippen molar-refractivity contribution in [3.05, 3.63) is 58.4 Å². The molecule has 0 amide bonds. The van der Waals surface area contributed by atoms with E-state index < -0.39 is 6.10 Å². The van der Waals surface area contributed by atoms with Gasteiger partial charge in [-0.3, -0.25) is 4.98 Å². The molecule has 3 nitrogen and oxygen atoms in total. The van der Waals surface area contributed by atoms with E-state index in [-0.39, 0.29) is 0 Å². The van der Waals surface area contributed by atoms with Gasteiger partial charge in [0.1, 0.15) is 11.9 Å². The van der Waals surface area contributed by atoms with E-state index in [0.29, 0.717) is 16.3 Å². The summed E-state index contributed by atoms with van der Waals surface area (Å²) in [7, 11) is 1.57. The Kier molecular flexibility index (Phi) is 3.84. The smallest absolute Gasteiger partial charge is 0.137 e. The van der Waals surface area contributed by atoms with E-state index in [9.17, 15) is 5.11 Å². The van der Waals surface area contributed by atoms with Crippen LogP contribution in [-0.2, 0) is 0 Å². The molecule has 1 atom stereocenters. The van der Waals surface area contributed by atoms with E-state index in [0.717, 1.165) is 11.1 Å². The molecule has 1 aromatic heterocycles. The van der Waals surface area contributed by atoms with Crippen LogP contribution in [0.5, 0.6) is 5.75 Å². The number of hydrogen-bond acceptors (Lipinski definition) is 3. The highest BCUT2D eigenvalue weighted by Gasteiger charge is 2.12. The molecule has 4 heteroatoms. The predicted octanol–water partition coefficient (Wildman–Crippen LogP) is 3.13. The molecule has 0 fully saturated rings. The molecule has 0 saturated heterocycles. The summed E-state index contributed by atoms with van der Waals surface area (Å²) < 4.78 is 5.08. The molecule has 2 aromatic rings. The third-order valence-electron chi connectivity index (χ3n) is 2.80. The van der Waals surface area contributed by atoms with Crippen molar-refractivity contribution in [1.82, 2.24) is 4.98 Å². The van der Waals surface area contributed by atoms with Crippen molar-refractivity contribution in [1.29, 1.82) is 0 Å². The molecule has 0 aliphatic rings. The van der Waals surface area contributed by atoms with Gasteiger partial charge in [0.05, 0.1) is 13.3 Å². The van der Waals surface area contributed by atoms with Crippen molar-refractivity contribution in [3.63, 3.8) is 0 Å². The minimum absolute atomic E-state index is 0.616. The Morgan fingerprint density at radius 1 is 1.22 bits per heavy atom. The molecular formula is C14H14ClNO2. The maximum Gasteiger partial charge on any atom is 0.137 e. The summed E-state index contributed by atoms with van der Waals surface area (Å²) in [6.07, 6.45) is 2.45. The van der Waals surface area contributed by atoms with Crippen molar-refractivity contribution in [2.24, 2.45) is 0 Å². The molecule has 0 spiro atoms. The molecule has 0 saturated carbocycles. The van der Waals surface area contributed by atoms with Gasteiger partial charge < -0.3 is 9.84 Å². The van der Waals surface area contributed by atoms with Crippen molar-refractivity contribution >= 4 is 11.6 Å². The van der Waals surface area contributed by atoms with Gasteiger partial charge in [0.25, 0.3) is 0 Å². The first-order chi connectivity index (χ1) is 8.61. The second kappa shape index (κ2) is 5.38. The SMILES string of the molecule is COc1cncc(C(O)c2ccc(C)c(Cl)c2)c1. The lowest BCUT2D eigenvalue weighted by atomic mass is 10.0. The summed E-state index contributed by atoms with van der Waals surface area (Å²) in [6, 6.07) is 7.26. The summed E-state index contributed by atoms with van der Waals surface area (Å²) in [6.45, 7) is 1.92. The lowest BCUT2D eigenvalue weighted by Crippen LogP contribution is -2.01. The molecule has 1 heterocycles. The number of rotatable bonds is 3. The number of nitrogens with zero attached hydrogens (tertiary/aromatic N) is 1. The Labute approximate surface area is 111 Å². The van der Waals surface area contributed by atoms with Gasteiger partial charge in [-0.1, -0.05) is 23.7 Å². The summed E-state index contributed by atoms with van der Waals surface area (Å²) in [5.41, 5.74) is 2.39. The van der Waals surface area contributed by atoms with E-state index in [1.54, 1.807) is 31.6 Å². The number of aliphatic hydroxyl groups is 1. The molecule has 2 rings (SSSR count). The average molecular weight is 264 g/mol. The van der Waals surface area contributed by atoms with Gasteiger partial charge in [0.2, 0.25) is 0 Å². The van der Waals surface area contributed by atoms with Crippen molar-refractivity contribution in [3.8, 4) is 5.75 Å². The van der Waals surface area contributed by atoms with Gasteiger partial charge >= 0.3 is 0 Å². The minimum Gasteiger partial charge on any atom is -0.495 e.